The van der Waals surface area contributed by atoms with Crippen molar-refractivity contribution in [3.05, 3.63) is 52.4 Å². The monoisotopic (exact) mass is 526 g/mol. The predicted octanol–water partition coefficient (Wildman–Crippen LogP) is 2.76. The minimum absolute atomic E-state index is 0.0454. The minimum Gasteiger partial charge on any atom is -0.341 e. The summed E-state index contributed by atoms with van der Waals surface area (Å²) >= 11 is 1.06. The second kappa shape index (κ2) is 8.71. The van der Waals surface area contributed by atoms with E-state index in [-0.39, 0.29) is 10.1 Å². The number of benzene rings is 1. The number of aromatic nitrogens is 2. The van der Waals surface area contributed by atoms with E-state index in [1.165, 1.54) is 10.4 Å². The number of anilines is 3. The Labute approximate surface area is 213 Å². The molecule has 3 aromatic rings. The zero-order chi connectivity index (χ0) is 25.0. The van der Waals surface area contributed by atoms with E-state index < -0.39 is 15.9 Å². The van der Waals surface area contributed by atoms with Crippen LogP contribution in [0.25, 0.3) is 0 Å². The molecule has 0 spiro atoms. The van der Waals surface area contributed by atoms with Gasteiger partial charge in [0.05, 0.1) is 12.1 Å². The standard InChI is InChI=1S/C24H26N6O4S2/c1-27-9-6-16-12-18(4-5-19(16)24(27)32)29-10-11-30-21(29)14-20(26-30)25-23(31)17-13-22(35-15-17)36(33,34)28-7-2-3-8-28/h4-5,12-15H,2-3,6-11H2,1H3,(H,25,26,31). The molecule has 5 heterocycles. The SMILES string of the molecule is CN1CCc2cc(N3CCn4nc(NC(=O)c5csc(S(=O)(=O)N6CCCC6)c5)cc43)ccc2C1=O. The number of hydrogen-bond acceptors (Lipinski definition) is 7. The van der Waals surface area contributed by atoms with Gasteiger partial charge >= 0.3 is 0 Å². The van der Waals surface area contributed by atoms with E-state index >= 15 is 0 Å². The largest absolute Gasteiger partial charge is 0.341 e. The number of likely N-dealkylation sites (N-methyl/N-ethyl adjacent to an activating group) is 1. The van der Waals surface area contributed by atoms with Crippen molar-refractivity contribution in [2.45, 2.75) is 30.0 Å². The molecule has 3 aliphatic heterocycles. The molecule has 1 saturated heterocycles. The first kappa shape index (κ1) is 23.2. The lowest BCUT2D eigenvalue weighted by molar-refractivity contribution is 0.0780. The van der Waals surface area contributed by atoms with Crippen molar-refractivity contribution < 1.29 is 18.0 Å². The third-order valence-corrected chi connectivity index (χ3v) is 10.3. The Morgan fingerprint density at radius 1 is 1.06 bits per heavy atom. The van der Waals surface area contributed by atoms with Crippen molar-refractivity contribution in [3.8, 4) is 0 Å². The normalized spacial score (nSPS) is 18.0. The van der Waals surface area contributed by atoms with E-state index in [2.05, 4.69) is 21.4 Å². The average Bonchev–Trinajstić information content (AvgIpc) is 3.65. The molecule has 0 aliphatic carbocycles. The van der Waals surface area contributed by atoms with Crippen molar-refractivity contribution in [1.82, 2.24) is 19.0 Å². The molecular formula is C24H26N6O4S2. The third-order valence-electron chi connectivity index (χ3n) is 7.00. The molecule has 6 rings (SSSR count). The second-order valence-electron chi connectivity index (χ2n) is 9.30. The van der Waals surface area contributed by atoms with Crippen molar-refractivity contribution in [1.29, 1.82) is 0 Å². The first-order valence-corrected chi connectivity index (χ1v) is 14.3. The summed E-state index contributed by atoms with van der Waals surface area (Å²) in [6.07, 6.45) is 2.54. The first-order chi connectivity index (χ1) is 17.3. The fourth-order valence-electron chi connectivity index (χ4n) is 4.99. The topological polar surface area (TPSA) is 108 Å². The lowest BCUT2D eigenvalue weighted by atomic mass is 9.98. The van der Waals surface area contributed by atoms with Crippen LogP contribution < -0.4 is 10.2 Å². The Hall–Kier alpha value is -3.22. The summed E-state index contributed by atoms with van der Waals surface area (Å²) in [5.74, 6) is 0.912. The highest BCUT2D eigenvalue weighted by molar-refractivity contribution is 7.91. The first-order valence-electron chi connectivity index (χ1n) is 11.9. The molecule has 36 heavy (non-hydrogen) atoms. The number of nitrogens with zero attached hydrogens (tertiary/aromatic N) is 5. The number of sulfonamides is 1. The number of fused-ring (bicyclic) bond motifs is 2. The van der Waals surface area contributed by atoms with E-state index in [9.17, 15) is 18.0 Å². The molecule has 3 aliphatic rings. The van der Waals surface area contributed by atoms with Crippen LogP contribution in [0.5, 0.6) is 0 Å². The molecule has 0 bridgehead atoms. The number of carbonyl (C=O) groups is 2. The van der Waals surface area contributed by atoms with Gasteiger partial charge in [-0.05, 0) is 49.1 Å². The smallest absolute Gasteiger partial charge is 0.257 e. The van der Waals surface area contributed by atoms with Crippen LogP contribution in [-0.4, -0.2) is 72.4 Å². The summed E-state index contributed by atoms with van der Waals surface area (Å²) in [6, 6.07) is 9.15. The van der Waals surface area contributed by atoms with Gasteiger partial charge in [0.2, 0.25) is 0 Å². The molecule has 12 heteroatoms. The van der Waals surface area contributed by atoms with Gasteiger partial charge in [-0.15, -0.1) is 11.3 Å². The second-order valence-corrected chi connectivity index (χ2v) is 12.4. The molecular weight excluding hydrogens is 500 g/mol. The van der Waals surface area contributed by atoms with Crippen LogP contribution in [0.2, 0.25) is 0 Å². The van der Waals surface area contributed by atoms with E-state index in [0.717, 1.165) is 59.8 Å². The van der Waals surface area contributed by atoms with Crippen molar-refractivity contribution in [2.24, 2.45) is 0 Å². The number of amides is 2. The van der Waals surface area contributed by atoms with Crippen molar-refractivity contribution in [2.75, 3.05) is 43.4 Å². The van der Waals surface area contributed by atoms with Gasteiger partial charge in [0.25, 0.3) is 21.8 Å². The number of carbonyl (C=O) groups excluding carboxylic acids is 2. The van der Waals surface area contributed by atoms with Crippen LogP contribution in [0.1, 0.15) is 39.1 Å². The van der Waals surface area contributed by atoms with Gasteiger partial charge in [-0.1, -0.05) is 0 Å². The molecule has 1 N–H and O–H groups in total. The molecule has 188 valence electrons. The Bertz CT molecular complexity index is 1470. The Balaban J connectivity index is 1.19. The van der Waals surface area contributed by atoms with Crippen LogP contribution >= 0.6 is 11.3 Å². The summed E-state index contributed by atoms with van der Waals surface area (Å²) in [4.78, 5) is 29.1. The van der Waals surface area contributed by atoms with Gasteiger partial charge in [0, 0.05) is 55.9 Å². The zero-order valence-corrected chi connectivity index (χ0v) is 21.4. The van der Waals surface area contributed by atoms with E-state index in [1.807, 2.05) is 29.9 Å². The van der Waals surface area contributed by atoms with Gasteiger partial charge in [-0.25, -0.2) is 13.1 Å². The van der Waals surface area contributed by atoms with Crippen LogP contribution in [0, 0.1) is 0 Å². The zero-order valence-electron chi connectivity index (χ0n) is 19.8. The molecule has 10 nitrogen and oxygen atoms in total. The van der Waals surface area contributed by atoms with Gasteiger partial charge in [0.1, 0.15) is 10.0 Å². The lowest BCUT2D eigenvalue weighted by Gasteiger charge is -2.26. The Kier molecular flexibility index (Phi) is 5.61. The summed E-state index contributed by atoms with van der Waals surface area (Å²) in [6.45, 7) is 3.16. The third kappa shape index (κ3) is 3.89. The van der Waals surface area contributed by atoms with Crippen molar-refractivity contribution >= 4 is 50.5 Å². The van der Waals surface area contributed by atoms with Crippen LogP contribution in [0.15, 0.2) is 39.9 Å². The number of rotatable bonds is 5. The quantitative estimate of drug-likeness (QED) is 0.548. The molecule has 0 atom stereocenters. The summed E-state index contributed by atoms with van der Waals surface area (Å²) in [5, 5.41) is 8.89. The number of thiophene rings is 1. The molecule has 0 unspecified atom stereocenters. The fourth-order valence-corrected chi connectivity index (χ4v) is 7.82. The van der Waals surface area contributed by atoms with Crippen molar-refractivity contribution in [3.63, 3.8) is 0 Å². The van der Waals surface area contributed by atoms with Gasteiger partial charge in [-0.2, -0.15) is 9.40 Å². The minimum atomic E-state index is -3.55. The van der Waals surface area contributed by atoms with E-state index in [0.29, 0.717) is 37.6 Å². The lowest BCUT2D eigenvalue weighted by Crippen LogP contribution is -2.34. The Morgan fingerprint density at radius 3 is 2.67 bits per heavy atom. The maximum absolute atomic E-state index is 12.9. The highest BCUT2D eigenvalue weighted by atomic mass is 32.2. The van der Waals surface area contributed by atoms with E-state index in [4.69, 9.17) is 0 Å². The number of hydrogen-bond donors (Lipinski definition) is 1. The van der Waals surface area contributed by atoms with E-state index in [1.54, 1.807) is 10.3 Å². The highest BCUT2D eigenvalue weighted by Gasteiger charge is 2.30. The summed E-state index contributed by atoms with van der Waals surface area (Å²) in [7, 11) is -1.73. The molecule has 0 saturated carbocycles. The van der Waals surface area contributed by atoms with Gasteiger partial charge in [0.15, 0.2) is 5.82 Å². The molecule has 0 radical (unpaired) electrons. The maximum atomic E-state index is 12.9. The molecule has 1 aromatic carbocycles. The molecule has 2 amide bonds. The maximum Gasteiger partial charge on any atom is 0.257 e. The molecule has 2 aromatic heterocycles. The van der Waals surface area contributed by atoms with Crippen LogP contribution in [-0.2, 0) is 23.0 Å². The van der Waals surface area contributed by atoms with Gasteiger partial charge in [-0.3, -0.25) is 9.59 Å². The van der Waals surface area contributed by atoms with Gasteiger partial charge < -0.3 is 15.1 Å². The molecule has 1 fully saturated rings. The number of nitrogens with one attached hydrogen (secondary N) is 1. The fraction of sp³-hybridized carbons (Fsp3) is 0.375. The average molecular weight is 527 g/mol. The highest BCUT2D eigenvalue weighted by Crippen LogP contribution is 2.34. The predicted molar refractivity (Wildman–Crippen MR) is 137 cm³/mol. The summed E-state index contributed by atoms with van der Waals surface area (Å²) < 4.78 is 29.1. The Morgan fingerprint density at radius 2 is 1.86 bits per heavy atom. The van der Waals surface area contributed by atoms with Crippen LogP contribution in [0.4, 0.5) is 17.3 Å². The summed E-state index contributed by atoms with van der Waals surface area (Å²) in [5.41, 5.74) is 3.07. The van der Waals surface area contributed by atoms with Crippen LogP contribution in [0.3, 0.4) is 0 Å².